The molecule has 2 amide bonds. The molecule has 2 N–H and O–H groups in total. The van der Waals surface area contributed by atoms with E-state index >= 15 is 0 Å². The number of nitrogens with one attached hydrogen (secondary N) is 1. The van der Waals surface area contributed by atoms with Crippen LogP contribution < -0.4 is 5.32 Å². The molecule has 1 aromatic rings. The number of phenols is 1. The first-order chi connectivity index (χ1) is 9.91. The van der Waals surface area contributed by atoms with Crippen LogP contribution in [0.4, 0.5) is 0 Å². The summed E-state index contributed by atoms with van der Waals surface area (Å²) in [5.74, 6) is -0.697. The quantitative estimate of drug-likeness (QED) is 0.836. The normalized spacial score (nSPS) is 18.4. The van der Waals surface area contributed by atoms with Crippen LogP contribution in [0.25, 0.3) is 0 Å². The summed E-state index contributed by atoms with van der Waals surface area (Å²) in [5, 5.41) is 13.3. The number of hydrogen-bond acceptors (Lipinski definition) is 4. The van der Waals surface area contributed by atoms with E-state index in [0.717, 1.165) is 0 Å². The van der Waals surface area contributed by atoms with E-state index < -0.39 is 6.04 Å². The molecule has 1 saturated heterocycles. The molecule has 1 fully saturated rings. The molecule has 6 nitrogen and oxygen atoms in total. The minimum Gasteiger partial charge on any atom is -0.507 e. The average molecular weight is 312 g/mol. The zero-order valence-electron chi connectivity index (χ0n) is 12.0. The molecule has 7 heteroatoms. The van der Waals surface area contributed by atoms with Gasteiger partial charge >= 0.3 is 0 Å². The molecule has 2 rings (SSSR count). The van der Waals surface area contributed by atoms with E-state index in [1.54, 1.807) is 20.2 Å². The summed E-state index contributed by atoms with van der Waals surface area (Å²) in [5.41, 5.74) is 0.151. The lowest BCUT2D eigenvalue weighted by atomic mass is 10.1. The van der Waals surface area contributed by atoms with Crippen LogP contribution in [0.15, 0.2) is 18.2 Å². The average Bonchev–Trinajstić information content (AvgIpc) is 2.45. The Morgan fingerprint density at radius 2 is 2.14 bits per heavy atom. The van der Waals surface area contributed by atoms with Gasteiger partial charge in [0.15, 0.2) is 0 Å². The molecule has 1 aromatic carbocycles. The minimum absolute atomic E-state index is 0.149. The number of phenolic OH excluding ortho intramolecular Hbond substituents is 1. The van der Waals surface area contributed by atoms with Gasteiger partial charge in [0.1, 0.15) is 11.8 Å². The van der Waals surface area contributed by atoms with Gasteiger partial charge in [-0.05, 0) is 18.2 Å². The standard InChI is InChI=1S/C14H18ClN3O3/c1-17(2)14(21)11-8-16-5-6-18(11)13(20)10-4-3-9(15)7-12(10)19/h3-4,7,11,16,19H,5-6,8H2,1-2H3. The van der Waals surface area contributed by atoms with Gasteiger partial charge in [-0.1, -0.05) is 11.6 Å². The Kier molecular flexibility index (Phi) is 4.69. The number of nitrogens with zero attached hydrogens (tertiary/aromatic N) is 2. The lowest BCUT2D eigenvalue weighted by Gasteiger charge is -2.36. The number of carbonyl (C=O) groups excluding carboxylic acids is 2. The third kappa shape index (κ3) is 3.28. The molecule has 114 valence electrons. The smallest absolute Gasteiger partial charge is 0.258 e. The van der Waals surface area contributed by atoms with Crippen LogP contribution in [0, 0.1) is 0 Å². The van der Waals surface area contributed by atoms with E-state index in [0.29, 0.717) is 24.7 Å². The zero-order valence-corrected chi connectivity index (χ0v) is 12.7. The molecule has 1 unspecified atom stereocenters. The van der Waals surface area contributed by atoms with Crippen molar-refractivity contribution in [2.24, 2.45) is 0 Å². The highest BCUT2D eigenvalue weighted by atomic mass is 35.5. The molecule has 0 aromatic heterocycles. The molecular weight excluding hydrogens is 294 g/mol. The Morgan fingerprint density at radius 1 is 1.43 bits per heavy atom. The molecule has 1 aliphatic heterocycles. The number of piperazine rings is 1. The molecule has 0 bridgehead atoms. The lowest BCUT2D eigenvalue weighted by Crippen LogP contribution is -2.59. The van der Waals surface area contributed by atoms with Gasteiger partial charge in [0.2, 0.25) is 5.91 Å². The summed E-state index contributed by atoms with van der Waals surface area (Å²) >= 11 is 5.77. The van der Waals surface area contributed by atoms with Crippen molar-refractivity contribution in [3.05, 3.63) is 28.8 Å². The SMILES string of the molecule is CN(C)C(=O)C1CNCCN1C(=O)c1ccc(Cl)cc1O. The predicted octanol–water partition coefficient (Wildman–Crippen LogP) is 0.548. The van der Waals surface area contributed by atoms with Gasteiger partial charge in [0.05, 0.1) is 5.56 Å². The first-order valence-corrected chi connectivity index (χ1v) is 7.01. The van der Waals surface area contributed by atoms with Gasteiger partial charge in [0, 0.05) is 38.8 Å². The fourth-order valence-corrected chi connectivity index (χ4v) is 2.47. The Labute approximate surface area is 128 Å². The minimum atomic E-state index is -0.573. The van der Waals surface area contributed by atoms with Crippen molar-refractivity contribution < 1.29 is 14.7 Å². The van der Waals surface area contributed by atoms with Crippen molar-refractivity contribution in [2.45, 2.75) is 6.04 Å². The van der Waals surface area contributed by atoms with Crippen LogP contribution >= 0.6 is 11.6 Å². The zero-order chi connectivity index (χ0) is 15.6. The van der Waals surface area contributed by atoms with Crippen molar-refractivity contribution in [1.29, 1.82) is 0 Å². The van der Waals surface area contributed by atoms with Crippen LogP contribution in [0.3, 0.4) is 0 Å². The molecule has 0 saturated carbocycles. The monoisotopic (exact) mass is 311 g/mol. The topological polar surface area (TPSA) is 72.9 Å². The van der Waals surface area contributed by atoms with Crippen molar-refractivity contribution in [1.82, 2.24) is 15.1 Å². The summed E-state index contributed by atoms with van der Waals surface area (Å²) in [6, 6.07) is 3.76. The first kappa shape index (κ1) is 15.6. The van der Waals surface area contributed by atoms with Crippen molar-refractivity contribution in [3.63, 3.8) is 0 Å². The number of amides is 2. The van der Waals surface area contributed by atoms with E-state index in [-0.39, 0.29) is 23.1 Å². The van der Waals surface area contributed by atoms with Crippen molar-refractivity contribution >= 4 is 23.4 Å². The summed E-state index contributed by atoms with van der Waals surface area (Å²) in [4.78, 5) is 27.7. The summed E-state index contributed by atoms with van der Waals surface area (Å²) < 4.78 is 0. The number of likely N-dealkylation sites (N-methyl/N-ethyl adjacent to an activating group) is 1. The maximum atomic E-state index is 12.6. The van der Waals surface area contributed by atoms with E-state index in [2.05, 4.69) is 5.32 Å². The van der Waals surface area contributed by atoms with Crippen LogP contribution in [0.5, 0.6) is 5.75 Å². The number of hydrogen-bond donors (Lipinski definition) is 2. The molecular formula is C14H18ClN3O3. The number of carbonyl (C=O) groups is 2. The van der Waals surface area contributed by atoms with Gasteiger partial charge in [-0.2, -0.15) is 0 Å². The first-order valence-electron chi connectivity index (χ1n) is 6.63. The summed E-state index contributed by atoms with van der Waals surface area (Å²) in [7, 11) is 3.30. The third-order valence-corrected chi connectivity index (χ3v) is 3.66. The highest BCUT2D eigenvalue weighted by Gasteiger charge is 2.34. The molecule has 0 radical (unpaired) electrons. The molecule has 0 spiro atoms. The summed E-state index contributed by atoms with van der Waals surface area (Å²) in [6.07, 6.45) is 0. The van der Waals surface area contributed by atoms with E-state index in [4.69, 9.17) is 11.6 Å². The molecule has 1 aliphatic rings. The maximum absolute atomic E-state index is 12.6. The van der Waals surface area contributed by atoms with Gasteiger partial charge < -0.3 is 20.2 Å². The Bertz CT molecular complexity index is 562. The lowest BCUT2D eigenvalue weighted by molar-refractivity contribution is -0.134. The van der Waals surface area contributed by atoms with Gasteiger partial charge in [-0.3, -0.25) is 9.59 Å². The van der Waals surface area contributed by atoms with Crippen molar-refractivity contribution in [3.8, 4) is 5.75 Å². The number of aromatic hydroxyl groups is 1. The fourth-order valence-electron chi connectivity index (χ4n) is 2.31. The highest BCUT2D eigenvalue weighted by molar-refractivity contribution is 6.30. The number of rotatable bonds is 2. The number of benzene rings is 1. The van der Waals surface area contributed by atoms with Gasteiger partial charge in [-0.15, -0.1) is 0 Å². The second kappa shape index (κ2) is 6.32. The predicted molar refractivity (Wildman–Crippen MR) is 79.5 cm³/mol. The van der Waals surface area contributed by atoms with E-state index in [1.165, 1.54) is 21.9 Å². The van der Waals surface area contributed by atoms with Crippen LogP contribution in [0.1, 0.15) is 10.4 Å². The second-order valence-corrected chi connectivity index (χ2v) is 5.55. The van der Waals surface area contributed by atoms with Gasteiger partial charge in [0.25, 0.3) is 5.91 Å². The molecule has 21 heavy (non-hydrogen) atoms. The molecule has 0 aliphatic carbocycles. The van der Waals surface area contributed by atoms with E-state index in [1.807, 2.05) is 0 Å². The molecule has 1 heterocycles. The second-order valence-electron chi connectivity index (χ2n) is 5.11. The fraction of sp³-hybridized carbons (Fsp3) is 0.429. The Balaban J connectivity index is 2.28. The Morgan fingerprint density at radius 3 is 2.76 bits per heavy atom. The van der Waals surface area contributed by atoms with Crippen LogP contribution in [-0.2, 0) is 4.79 Å². The Hall–Kier alpha value is -1.79. The van der Waals surface area contributed by atoms with Gasteiger partial charge in [-0.25, -0.2) is 0 Å². The van der Waals surface area contributed by atoms with Crippen LogP contribution in [-0.4, -0.2) is 66.5 Å². The van der Waals surface area contributed by atoms with Crippen LogP contribution in [0.2, 0.25) is 5.02 Å². The largest absolute Gasteiger partial charge is 0.507 e. The van der Waals surface area contributed by atoms with E-state index in [9.17, 15) is 14.7 Å². The highest BCUT2D eigenvalue weighted by Crippen LogP contribution is 2.24. The molecule has 1 atom stereocenters. The number of halogens is 1. The maximum Gasteiger partial charge on any atom is 0.258 e. The van der Waals surface area contributed by atoms with Crippen molar-refractivity contribution in [2.75, 3.05) is 33.7 Å². The third-order valence-electron chi connectivity index (χ3n) is 3.42. The summed E-state index contributed by atoms with van der Waals surface area (Å²) in [6.45, 7) is 1.42.